The van der Waals surface area contributed by atoms with E-state index in [4.69, 9.17) is 0 Å². The zero-order chi connectivity index (χ0) is 21.9. The number of amides is 2. The van der Waals surface area contributed by atoms with Crippen LogP contribution in [0.15, 0.2) is 29.2 Å². The normalized spacial score (nSPS) is 20.3. The lowest BCUT2D eigenvalue weighted by Gasteiger charge is -2.35. The average molecular weight is 459 g/mol. The Bertz CT molecular complexity index is 947. The molecule has 1 aromatic carbocycles. The minimum atomic E-state index is -3.55. The SMILES string of the molecule is Cc1ccc(S(=O)(=O)N2CCN(C(=O)NCC3CCN(S(C)(=O)=O)CC3)CC2)cc1. The van der Waals surface area contributed by atoms with Gasteiger partial charge in [0.15, 0.2) is 0 Å². The van der Waals surface area contributed by atoms with Gasteiger partial charge < -0.3 is 10.2 Å². The Kier molecular flexibility index (Phi) is 7.05. The van der Waals surface area contributed by atoms with E-state index in [1.165, 1.54) is 14.9 Å². The Morgan fingerprint density at radius 3 is 2.03 bits per heavy atom. The second-order valence-corrected chi connectivity index (χ2v) is 11.9. The van der Waals surface area contributed by atoms with Crippen molar-refractivity contribution in [1.82, 2.24) is 18.8 Å². The van der Waals surface area contributed by atoms with Gasteiger partial charge >= 0.3 is 6.03 Å². The van der Waals surface area contributed by atoms with Crippen molar-refractivity contribution in [3.8, 4) is 0 Å². The average Bonchev–Trinajstić information content (AvgIpc) is 2.72. The lowest BCUT2D eigenvalue weighted by atomic mass is 9.98. The molecule has 2 fully saturated rings. The van der Waals surface area contributed by atoms with E-state index in [1.54, 1.807) is 29.2 Å². The lowest BCUT2D eigenvalue weighted by Crippen LogP contribution is -2.53. The summed E-state index contributed by atoms with van der Waals surface area (Å²) in [6.45, 7) is 4.56. The third-order valence-electron chi connectivity index (χ3n) is 5.77. The Balaban J connectivity index is 1.45. The molecule has 2 aliphatic heterocycles. The molecule has 2 aliphatic rings. The van der Waals surface area contributed by atoms with Crippen LogP contribution in [0.1, 0.15) is 18.4 Å². The van der Waals surface area contributed by atoms with Gasteiger partial charge in [-0.2, -0.15) is 4.31 Å². The van der Waals surface area contributed by atoms with Crippen molar-refractivity contribution in [2.45, 2.75) is 24.7 Å². The molecule has 0 aliphatic carbocycles. The van der Waals surface area contributed by atoms with Gasteiger partial charge in [-0.25, -0.2) is 25.9 Å². The summed E-state index contributed by atoms with van der Waals surface area (Å²) in [6, 6.07) is 6.57. The monoisotopic (exact) mass is 458 g/mol. The molecule has 11 heteroatoms. The molecule has 0 bridgehead atoms. The van der Waals surface area contributed by atoms with Crippen LogP contribution in [0, 0.1) is 12.8 Å². The number of hydrogen-bond acceptors (Lipinski definition) is 5. The minimum Gasteiger partial charge on any atom is -0.338 e. The first kappa shape index (κ1) is 23.0. The van der Waals surface area contributed by atoms with E-state index in [0.29, 0.717) is 32.7 Å². The van der Waals surface area contributed by atoms with E-state index >= 15 is 0 Å². The highest BCUT2D eigenvalue weighted by atomic mass is 32.2. The molecule has 0 radical (unpaired) electrons. The molecule has 0 spiro atoms. The van der Waals surface area contributed by atoms with Crippen molar-refractivity contribution < 1.29 is 21.6 Å². The van der Waals surface area contributed by atoms with Crippen molar-refractivity contribution in [2.24, 2.45) is 5.92 Å². The number of aryl methyl sites for hydroxylation is 1. The van der Waals surface area contributed by atoms with Crippen molar-refractivity contribution in [3.05, 3.63) is 29.8 Å². The van der Waals surface area contributed by atoms with Gasteiger partial charge in [-0.05, 0) is 37.8 Å². The summed E-state index contributed by atoms with van der Waals surface area (Å²) in [6.07, 6.45) is 2.65. The fourth-order valence-corrected chi connectivity index (χ4v) is 6.08. The highest BCUT2D eigenvalue weighted by Crippen LogP contribution is 2.20. The summed E-state index contributed by atoms with van der Waals surface area (Å²) < 4.78 is 51.6. The lowest BCUT2D eigenvalue weighted by molar-refractivity contribution is 0.168. The Morgan fingerprint density at radius 1 is 0.933 bits per heavy atom. The summed E-state index contributed by atoms with van der Waals surface area (Å²) in [4.78, 5) is 14.4. The predicted molar refractivity (Wildman–Crippen MR) is 114 cm³/mol. The number of sulfonamides is 2. The zero-order valence-electron chi connectivity index (χ0n) is 17.5. The van der Waals surface area contributed by atoms with E-state index < -0.39 is 20.0 Å². The predicted octanol–water partition coefficient (Wildman–Crippen LogP) is 0.683. The number of benzene rings is 1. The molecule has 3 rings (SSSR count). The van der Waals surface area contributed by atoms with Crippen LogP contribution in [-0.4, -0.2) is 88.4 Å². The molecule has 9 nitrogen and oxygen atoms in total. The van der Waals surface area contributed by atoms with Crippen LogP contribution in [0.2, 0.25) is 0 Å². The first-order chi connectivity index (χ1) is 14.1. The van der Waals surface area contributed by atoms with Gasteiger partial charge in [-0.15, -0.1) is 0 Å². The van der Waals surface area contributed by atoms with Gasteiger partial charge in [0.1, 0.15) is 0 Å². The maximum Gasteiger partial charge on any atom is 0.317 e. The first-order valence-electron chi connectivity index (χ1n) is 10.1. The summed E-state index contributed by atoms with van der Waals surface area (Å²) in [7, 11) is -6.71. The van der Waals surface area contributed by atoms with E-state index in [1.807, 2.05) is 6.92 Å². The number of piperidine rings is 1. The quantitative estimate of drug-likeness (QED) is 0.698. The summed E-state index contributed by atoms with van der Waals surface area (Å²) in [5.74, 6) is 0.246. The van der Waals surface area contributed by atoms with Crippen molar-refractivity contribution in [1.29, 1.82) is 0 Å². The molecule has 168 valence electrons. The van der Waals surface area contributed by atoms with Gasteiger partial charge in [0.2, 0.25) is 20.0 Å². The van der Waals surface area contributed by atoms with Gasteiger partial charge in [0.25, 0.3) is 0 Å². The first-order valence-corrected chi connectivity index (χ1v) is 13.4. The smallest absolute Gasteiger partial charge is 0.317 e. The fraction of sp³-hybridized carbons (Fsp3) is 0.632. The summed E-state index contributed by atoms with van der Waals surface area (Å²) in [5.41, 5.74) is 0.998. The van der Waals surface area contributed by atoms with Crippen LogP contribution in [-0.2, 0) is 20.0 Å². The molecular formula is C19H30N4O5S2. The van der Waals surface area contributed by atoms with E-state index in [0.717, 1.165) is 18.4 Å². The molecule has 1 N–H and O–H groups in total. The van der Waals surface area contributed by atoms with Crippen molar-refractivity contribution in [2.75, 3.05) is 52.1 Å². The molecule has 0 atom stereocenters. The molecule has 30 heavy (non-hydrogen) atoms. The minimum absolute atomic E-state index is 0.201. The highest BCUT2D eigenvalue weighted by molar-refractivity contribution is 7.89. The standard InChI is InChI=1S/C19H30N4O5S2/c1-16-3-5-18(6-4-16)30(27,28)23-13-11-21(12-14-23)19(24)20-15-17-7-9-22(10-8-17)29(2,25)26/h3-6,17H,7-15H2,1-2H3,(H,20,24). The van der Waals surface area contributed by atoms with Crippen LogP contribution in [0.25, 0.3) is 0 Å². The Morgan fingerprint density at radius 2 is 1.50 bits per heavy atom. The number of urea groups is 1. The van der Waals surface area contributed by atoms with Crippen LogP contribution >= 0.6 is 0 Å². The molecule has 0 aromatic heterocycles. The van der Waals surface area contributed by atoms with Gasteiger partial charge in [0.05, 0.1) is 11.2 Å². The van der Waals surface area contributed by atoms with Gasteiger partial charge in [-0.1, -0.05) is 17.7 Å². The molecule has 2 amide bonds. The molecule has 2 saturated heterocycles. The number of nitrogens with zero attached hydrogens (tertiary/aromatic N) is 3. The van der Waals surface area contributed by atoms with Crippen LogP contribution in [0.3, 0.4) is 0 Å². The number of nitrogens with one attached hydrogen (secondary N) is 1. The third kappa shape index (κ3) is 5.51. The largest absolute Gasteiger partial charge is 0.338 e. The highest BCUT2D eigenvalue weighted by Gasteiger charge is 2.30. The van der Waals surface area contributed by atoms with Gasteiger partial charge in [0, 0.05) is 45.8 Å². The molecule has 0 unspecified atom stereocenters. The second kappa shape index (κ2) is 9.21. The third-order valence-corrected chi connectivity index (χ3v) is 8.99. The van der Waals surface area contributed by atoms with Crippen LogP contribution < -0.4 is 5.32 Å². The Hall–Kier alpha value is -1.69. The molecular weight excluding hydrogens is 428 g/mol. The van der Waals surface area contributed by atoms with Gasteiger partial charge in [-0.3, -0.25) is 0 Å². The zero-order valence-corrected chi connectivity index (χ0v) is 19.1. The molecule has 1 aromatic rings. The topological polar surface area (TPSA) is 107 Å². The maximum atomic E-state index is 12.8. The van der Waals surface area contributed by atoms with Crippen molar-refractivity contribution in [3.63, 3.8) is 0 Å². The molecule has 2 heterocycles. The molecule has 0 saturated carbocycles. The van der Waals surface area contributed by atoms with Crippen LogP contribution in [0.4, 0.5) is 4.79 Å². The van der Waals surface area contributed by atoms with Crippen LogP contribution in [0.5, 0.6) is 0 Å². The van der Waals surface area contributed by atoms with Crippen molar-refractivity contribution >= 4 is 26.1 Å². The summed E-state index contributed by atoms with van der Waals surface area (Å²) >= 11 is 0. The fourth-order valence-electron chi connectivity index (χ4n) is 3.78. The number of carbonyl (C=O) groups is 1. The Labute approximate surface area is 179 Å². The number of hydrogen-bond donors (Lipinski definition) is 1. The maximum absolute atomic E-state index is 12.8. The number of carbonyl (C=O) groups excluding carboxylic acids is 1. The van der Waals surface area contributed by atoms with E-state index in [9.17, 15) is 21.6 Å². The van der Waals surface area contributed by atoms with E-state index in [2.05, 4.69) is 5.32 Å². The summed E-state index contributed by atoms with van der Waals surface area (Å²) in [5, 5.41) is 2.92. The number of rotatable bonds is 5. The second-order valence-electron chi connectivity index (χ2n) is 8.00. The number of piperazine rings is 1. The van der Waals surface area contributed by atoms with E-state index in [-0.39, 0.29) is 29.9 Å².